The highest BCUT2D eigenvalue weighted by Gasteiger charge is 2.43. The maximum atomic E-state index is 13.8. The van der Waals surface area contributed by atoms with E-state index in [0.29, 0.717) is 19.5 Å². The van der Waals surface area contributed by atoms with E-state index in [-0.39, 0.29) is 18.4 Å². The molecule has 0 spiro atoms. The average Bonchev–Trinajstić information content (AvgIpc) is 3.52. The summed E-state index contributed by atoms with van der Waals surface area (Å²) in [6, 6.07) is 6.63. The standard InChI is InChI=1S/C30H45N5O4S/c1-19-23(40-18-33-19)21-13-11-20(12-14-21)16-32-25(36)22-10-9-15-35(22)26(37)24(28(2,3)4)34-27(38)30(7,8)39-17-29(5,6)31/h11-14,18,22,24H,9-10,15-17,31H2,1-8H3,(H,32,36)(H,34,38). The van der Waals surface area contributed by atoms with E-state index >= 15 is 0 Å². The molecule has 0 bridgehead atoms. The Hall–Kier alpha value is -2.82. The number of nitrogens with two attached hydrogens (primary N) is 1. The van der Waals surface area contributed by atoms with Crippen LogP contribution in [0.3, 0.4) is 0 Å². The number of nitrogens with zero attached hydrogens (tertiary/aromatic N) is 2. The van der Waals surface area contributed by atoms with Gasteiger partial charge < -0.3 is 26.0 Å². The first-order valence-corrected chi connectivity index (χ1v) is 14.7. The maximum absolute atomic E-state index is 13.8. The van der Waals surface area contributed by atoms with Gasteiger partial charge in [-0.2, -0.15) is 0 Å². The van der Waals surface area contributed by atoms with Crippen molar-refractivity contribution in [2.45, 2.75) is 98.0 Å². The summed E-state index contributed by atoms with van der Waals surface area (Å²) in [6.45, 7) is 15.7. The minimum atomic E-state index is -1.18. The van der Waals surface area contributed by atoms with Gasteiger partial charge in [-0.15, -0.1) is 11.3 Å². The number of carbonyl (C=O) groups is 3. The van der Waals surface area contributed by atoms with Gasteiger partial charge in [-0.25, -0.2) is 4.98 Å². The molecule has 1 aromatic heterocycles. The van der Waals surface area contributed by atoms with Gasteiger partial charge in [0.15, 0.2) is 0 Å². The van der Waals surface area contributed by atoms with E-state index in [1.807, 2.05) is 71.3 Å². The van der Waals surface area contributed by atoms with Crippen LogP contribution in [0.4, 0.5) is 0 Å². The molecule has 220 valence electrons. The largest absolute Gasteiger partial charge is 0.364 e. The van der Waals surface area contributed by atoms with Crippen molar-refractivity contribution in [1.82, 2.24) is 20.5 Å². The molecule has 4 N–H and O–H groups in total. The molecule has 1 aliphatic heterocycles. The molecule has 1 saturated heterocycles. The number of benzene rings is 1. The molecule has 2 unspecified atom stereocenters. The zero-order chi connectivity index (χ0) is 29.9. The fourth-order valence-corrected chi connectivity index (χ4v) is 5.33. The van der Waals surface area contributed by atoms with Crippen LogP contribution in [0.25, 0.3) is 10.4 Å². The number of aromatic nitrogens is 1. The van der Waals surface area contributed by atoms with E-state index < -0.39 is 34.5 Å². The molecule has 0 saturated carbocycles. The van der Waals surface area contributed by atoms with Crippen LogP contribution in [-0.2, 0) is 25.7 Å². The first-order valence-electron chi connectivity index (χ1n) is 13.8. The summed E-state index contributed by atoms with van der Waals surface area (Å²) in [4.78, 5) is 47.3. The Kier molecular flexibility index (Phi) is 9.80. The van der Waals surface area contributed by atoms with Crippen LogP contribution in [0.1, 0.15) is 72.6 Å². The number of aryl methyl sites for hydroxylation is 1. The summed E-state index contributed by atoms with van der Waals surface area (Å²) in [5, 5.41) is 5.92. The molecule has 2 aromatic rings. The highest BCUT2D eigenvalue weighted by atomic mass is 32.1. The van der Waals surface area contributed by atoms with Crippen molar-refractivity contribution in [3.05, 3.63) is 41.0 Å². The lowest BCUT2D eigenvalue weighted by atomic mass is 9.85. The van der Waals surface area contributed by atoms with E-state index in [9.17, 15) is 14.4 Å². The van der Waals surface area contributed by atoms with Gasteiger partial charge in [0.05, 0.1) is 22.7 Å². The van der Waals surface area contributed by atoms with Gasteiger partial charge in [0.25, 0.3) is 5.91 Å². The van der Waals surface area contributed by atoms with Crippen molar-refractivity contribution >= 4 is 29.1 Å². The van der Waals surface area contributed by atoms with Gasteiger partial charge in [0.2, 0.25) is 11.8 Å². The average molecular weight is 572 g/mol. The Bertz CT molecular complexity index is 1190. The van der Waals surface area contributed by atoms with Gasteiger partial charge in [0.1, 0.15) is 17.7 Å². The first-order chi connectivity index (χ1) is 18.5. The molecule has 3 amide bonds. The van der Waals surface area contributed by atoms with Gasteiger partial charge >= 0.3 is 0 Å². The molecule has 2 atom stereocenters. The molecule has 3 rings (SSSR count). The Morgan fingerprint density at radius 3 is 2.33 bits per heavy atom. The molecule has 2 heterocycles. The van der Waals surface area contributed by atoms with Gasteiger partial charge in [-0.1, -0.05) is 45.0 Å². The predicted molar refractivity (Wildman–Crippen MR) is 159 cm³/mol. The lowest BCUT2D eigenvalue weighted by Crippen LogP contribution is -2.60. The second-order valence-corrected chi connectivity index (χ2v) is 13.8. The fourth-order valence-electron chi connectivity index (χ4n) is 4.51. The first kappa shape index (κ1) is 31.7. The van der Waals surface area contributed by atoms with Gasteiger partial charge in [-0.3, -0.25) is 14.4 Å². The Balaban J connectivity index is 1.65. The van der Waals surface area contributed by atoms with Crippen LogP contribution in [0, 0.1) is 12.3 Å². The van der Waals surface area contributed by atoms with Gasteiger partial charge in [-0.05, 0) is 64.0 Å². The summed E-state index contributed by atoms with van der Waals surface area (Å²) in [5.74, 6) is -0.860. The zero-order valence-electron chi connectivity index (χ0n) is 25.1. The number of likely N-dealkylation sites (tertiary alicyclic amines) is 1. The molecular formula is C30H45N5O4S. The topological polar surface area (TPSA) is 127 Å². The van der Waals surface area contributed by atoms with Crippen LogP contribution >= 0.6 is 11.3 Å². The number of carbonyl (C=O) groups excluding carboxylic acids is 3. The number of amides is 3. The summed E-state index contributed by atoms with van der Waals surface area (Å²) in [6.07, 6.45) is 1.30. The maximum Gasteiger partial charge on any atom is 0.252 e. The third-order valence-electron chi connectivity index (χ3n) is 7.01. The van der Waals surface area contributed by atoms with E-state index in [1.54, 1.807) is 30.1 Å². The van der Waals surface area contributed by atoms with Crippen LogP contribution in [-0.4, -0.2) is 64.0 Å². The summed E-state index contributed by atoms with van der Waals surface area (Å²) < 4.78 is 5.81. The van der Waals surface area contributed by atoms with Crippen LogP contribution in [0.15, 0.2) is 29.8 Å². The highest BCUT2D eigenvalue weighted by molar-refractivity contribution is 7.13. The number of hydrogen-bond acceptors (Lipinski definition) is 7. The fraction of sp³-hybridized carbons (Fsp3) is 0.600. The summed E-state index contributed by atoms with van der Waals surface area (Å²) in [7, 11) is 0. The molecule has 40 heavy (non-hydrogen) atoms. The number of rotatable bonds is 10. The SMILES string of the molecule is Cc1ncsc1-c1ccc(CNC(=O)C2CCCN2C(=O)C(NC(=O)C(C)(C)OCC(C)(C)N)C(C)(C)C)cc1. The second-order valence-electron chi connectivity index (χ2n) is 12.9. The van der Waals surface area contributed by atoms with E-state index in [1.165, 1.54) is 0 Å². The number of ether oxygens (including phenoxy) is 1. The van der Waals surface area contributed by atoms with Gasteiger partial charge in [0, 0.05) is 18.6 Å². The molecule has 1 aromatic carbocycles. The van der Waals surface area contributed by atoms with Crippen molar-refractivity contribution in [2.75, 3.05) is 13.2 Å². The smallest absolute Gasteiger partial charge is 0.252 e. The number of thiazole rings is 1. The Morgan fingerprint density at radius 2 is 1.77 bits per heavy atom. The molecule has 10 heteroatoms. The van der Waals surface area contributed by atoms with Crippen molar-refractivity contribution in [3.8, 4) is 10.4 Å². The molecule has 0 aliphatic carbocycles. The lowest BCUT2D eigenvalue weighted by molar-refractivity contribution is -0.151. The second kappa shape index (κ2) is 12.4. The van der Waals surface area contributed by atoms with Crippen LogP contribution < -0.4 is 16.4 Å². The Labute approximate surface area is 242 Å². The summed E-state index contributed by atoms with van der Waals surface area (Å²) >= 11 is 1.60. The minimum absolute atomic E-state index is 0.184. The third kappa shape index (κ3) is 8.11. The van der Waals surface area contributed by atoms with E-state index in [4.69, 9.17) is 10.5 Å². The monoisotopic (exact) mass is 571 g/mol. The van der Waals surface area contributed by atoms with Crippen molar-refractivity contribution in [3.63, 3.8) is 0 Å². The molecule has 0 radical (unpaired) electrons. The normalized spacial score (nSPS) is 17.0. The van der Waals surface area contributed by atoms with Crippen molar-refractivity contribution in [1.29, 1.82) is 0 Å². The molecule has 1 aliphatic rings. The molecular weight excluding hydrogens is 526 g/mol. The van der Waals surface area contributed by atoms with Crippen molar-refractivity contribution < 1.29 is 19.1 Å². The molecule has 1 fully saturated rings. The predicted octanol–water partition coefficient (Wildman–Crippen LogP) is 3.79. The minimum Gasteiger partial charge on any atom is -0.364 e. The molecule has 9 nitrogen and oxygen atoms in total. The van der Waals surface area contributed by atoms with E-state index in [2.05, 4.69) is 15.6 Å². The summed E-state index contributed by atoms with van der Waals surface area (Å²) in [5.41, 5.74) is 8.55. The lowest BCUT2D eigenvalue weighted by Gasteiger charge is -2.37. The van der Waals surface area contributed by atoms with E-state index in [0.717, 1.165) is 28.1 Å². The highest BCUT2D eigenvalue weighted by Crippen LogP contribution is 2.28. The van der Waals surface area contributed by atoms with Crippen LogP contribution in [0.5, 0.6) is 0 Å². The van der Waals surface area contributed by atoms with Crippen molar-refractivity contribution in [2.24, 2.45) is 11.1 Å². The zero-order valence-corrected chi connectivity index (χ0v) is 25.9. The van der Waals surface area contributed by atoms with Crippen LogP contribution in [0.2, 0.25) is 0 Å². The quantitative estimate of drug-likeness (QED) is 0.398. The number of hydrogen-bond donors (Lipinski definition) is 3. The Morgan fingerprint density at radius 1 is 1.12 bits per heavy atom. The number of nitrogens with one attached hydrogen (secondary N) is 2. The third-order valence-corrected chi connectivity index (χ3v) is 7.98.